The molecule has 1 saturated carbocycles. The second kappa shape index (κ2) is 6.55. The predicted octanol–water partition coefficient (Wildman–Crippen LogP) is 4.49. The van der Waals surface area contributed by atoms with E-state index in [1.807, 2.05) is 11.8 Å². The SMILES string of the molecule is CCSC1CCCC1NC1CCSc2ccccc21. The lowest BCUT2D eigenvalue weighted by Gasteiger charge is -2.31. The largest absolute Gasteiger partial charge is 0.306 e. The number of hydrogen-bond donors (Lipinski definition) is 1. The summed E-state index contributed by atoms with van der Waals surface area (Å²) in [6, 6.07) is 10.3. The van der Waals surface area contributed by atoms with Gasteiger partial charge >= 0.3 is 0 Å². The quantitative estimate of drug-likeness (QED) is 0.878. The fraction of sp³-hybridized carbons (Fsp3) is 0.625. The van der Waals surface area contributed by atoms with Crippen LogP contribution in [0.15, 0.2) is 29.2 Å². The first-order valence-electron chi connectivity index (χ1n) is 7.48. The lowest BCUT2D eigenvalue weighted by Crippen LogP contribution is -2.38. The highest BCUT2D eigenvalue weighted by Crippen LogP contribution is 2.38. The second-order valence-electron chi connectivity index (χ2n) is 5.43. The van der Waals surface area contributed by atoms with Crippen LogP contribution in [0.3, 0.4) is 0 Å². The maximum absolute atomic E-state index is 3.97. The van der Waals surface area contributed by atoms with Crippen LogP contribution in [0.1, 0.15) is 44.2 Å². The van der Waals surface area contributed by atoms with E-state index in [1.54, 1.807) is 0 Å². The summed E-state index contributed by atoms with van der Waals surface area (Å²) >= 11 is 4.17. The molecule has 1 nitrogen and oxygen atoms in total. The van der Waals surface area contributed by atoms with Crippen molar-refractivity contribution >= 4 is 23.5 Å². The number of benzene rings is 1. The van der Waals surface area contributed by atoms with Crippen LogP contribution < -0.4 is 5.32 Å². The van der Waals surface area contributed by atoms with Crippen LogP contribution in [0.2, 0.25) is 0 Å². The Kier molecular flexibility index (Phi) is 4.78. The van der Waals surface area contributed by atoms with Gasteiger partial charge in [0.2, 0.25) is 0 Å². The summed E-state index contributed by atoms with van der Waals surface area (Å²) < 4.78 is 0. The van der Waals surface area contributed by atoms with Crippen molar-refractivity contribution < 1.29 is 0 Å². The minimum atomic E-state index is 0.584. The van der Waals surface area contributed by atoms with Crippen LogP contribution in [0, 0.1) is 0 Å². The maximum Gasteiger partial charge on any atom is 0.0342 e. The molecule has 0 saturated heterocycles. The summed E-state index contributed by atoms with van der Waals surface area (Å²) in [7, 11) is 0. The average Bonchev–Trinajstić information content (AvgIpc) is 2.87. The Hall–Kier alpha value is -0.120. The third-order valence-corrected chi connectivity index (χ3v) is 6.66. The van der Waals surface area contributed by atoms with E-state index in [4.69, 9.17) is 0 Å². The van der Waals surface area contributed by atoms with E-state index in [-0.39, 0.29) is 0 Å². The van der Waals surface area contributed by atoms with Crippen molar-refractivity contribution in [3.05, 3.63) is 29.8 Å². The Morgan fingerprint density at radius 3 is 3.05 bits per heavy atom. The summed E-state index contributed by atoms with van der Waals surface area (Å²) in [6.07, 6.45) is 5.45. The van der Waals surface area contributed by atoms with Crippen molar-refractivity contribution in [3.8, 4) is 0 Å². The molecule has 19 heavy (non-hydrogen) atoms. The zero-order chi connectivity index (χ0) is 13.1. The molecule has 2 aliphatic rings. The second-order valence-corrected chi connectivity index (χ2v) is 8.08. The molecule has 104 valence electrons. The molecule has 0 radical (unpaired) electrons. The fourth-order valence-electron chi connectivity index (χ4n) is 3.30. The molecule has 1 aromatic carbocycles. The summed E-state index contributed by atoms with van der Waals surface area (Å²) in [5.74, 6) is 2.51. The molecule has 3 unspecified atom stereocenters. The lowest BCUT2D eigenvalue weighted by molar-refractivity contribution is 0.430. The van der Waals surface area contributed by atoms with Crippen molar-refractivity contribution in [1.29, 1.82) is 0 Å². The van der Waals surface area contributed by atoms with Crippen LogP contribution in [0.5, 0.6) is 0 Å². The topological polar surface area (TPSA) is 12.0 Å². The van der Waals surface area contributed by atoms with Crippen LogP contribution in [-0.4, -0.2) is 22.8 Å². The van der Waals surface area contributed by atoms with E-state index in [0.29, 0.717) is 6.04 Å². The number of fused-ring (bicyclic) bond motifs is 1. The molecule has 1 fully saturated rings. The van der Waals surface area contributed by atoms with Crippen molar-refractivity contribution in [3.63, 3.8) is 0 Å². The first-order chi connectivity index (χ1) is 9.38. The lowest BCUT2D eigenvalue weighted by atomic mass is 10.0. The van der Waals surface area contributed by atoms with E-state index in [9.17, 15) is 0 Å². The zero-order valence-corrected chi connectivity index (χ0v) is 13.2. The summed E-state index contributed by atoms with van der Waals surface area (Å²) in [5.41, 5.74) is 1.53. The standard InChI is InChI=1S/C16H23NS2/c1-2-18-16-9-5-7-14(16)17-13-10-11-19-15-8-4-3-6-12(13)15/h3-4,6,8,13-14,16-17H,2,5,7,9-11H2,1H3. The van der Waals surface area contributed by atoms with Gasteiger partial charge in [0.05, 0.1) is 0 Å². The van der Waals surface area contributed by atoms with Gasteiger partial charge in [-0.1, -0.05) is 31.5 Å². The van der Waals surface area contributed by atoms with Gasteiger partial charge in [-0.05, 0) is 42.4 Å². The van der Waals surface area contributed by atoms with Crippen molar-refractivity contribution in [2.75, 3.05) is 11.5 Å². The van der Waals surface area contributed by atoms with Crippen LogP contribution in [-0.2, 0) is 0 Å². The molecule has 0 aromatic heterocycles. The Bertz CT molecular complexity index is 421. The Balaban J connectivity index is 1.70. The molecule has 0 bridgehead atoms. The molecule has 0 amide bonds. The van der Waals surface area contributed by atoms with Crippen molar-refractivity contribution in [2.24, 2.45) is 0 Å². The van der Waals surface area contributed by atoms with Crippen LogP contribution in [0.4, 0.5) is 0 Å². The van der Waals surface area contributed by atoms with Gasteiger partial charge in [-0.15, -0.1) is 11.8 Å². The summed E-state index contributed by atoms with van der Waals surface area (Å²) in [4.78, 5) is 1.49. The van der Waals surface area contributed by atoms with Crippen LogP contribution >= 0.6 is 23.5 Å². The number of rotatable bonds is 4. The van der Waals surface area contributed by atoms with E-state index >= 15 is 0 Å². The van der Waals surface area contributed by atoms with Gasteiger partial charge in [-0.25, -0.2) is 0 Å². The molecule has 1 aromatic rings. The number of nitrogens with one attached hydrogen (secondary N) is 1. The third-order valence-electron chi connectivity index (χ3n) is 4.21. The molecule has 3 atom stereocenters. The van der Waals surface area contributed by atoms with Gasteiger partial charge in [-0.2, -0.15) is 11.8 Å². The average molecular weight is 294 g/mol. The zero-order valence-electron chi connectivity index (χ0n) is 11.6. The van der Waals surface area contributed by atoms with Crippen molar-refractivity contribution in [1.82, 2.24) is 5.32 Å². The van der Waals surface area contributed by atoms with Gasteiger partial charge in [0.1, 0.15) is 0 Å². The molecular formula is C16H23NS2. The highest BCUT2D eigenvalue weighted by atomic mass is 32.2. The highest BCUT2D eigenvalue weighted by Gasteiger charge is 2.30. The number of hydrogen-bond acceptors (Lipinski definition) is 3. The normalized spacial score (nSPS) is 30.3. The van der Waals surface area contributed by atoms with Gasteiger partial charge < -0.3 is 5.32 Å². The molecule has 1 heterocycles. The van der Waals surface area contributed by atoms with E-state index < -0.39 is 0 Å². The third kappa shape index (κ3) is 3.14. The molecule has 3 rings (SSSR count). The monoisotopic (exact) mass is 293 g/mol. The Labute approximate surface area is 125 Å². The van der Waals surface area contributed by atoms with Gasteiger partial charge in [0.25, 0.3) is 0 Å². The van der Waals surface area contributed by atoms with E-state index in [1.165, 1.54) is 47.6 Å². The van der Waals surface area contributed by atoms with Gasteiger partial charge in [0.15, 0.2) is 0 Å². The van der Waals surface area contributed by atoms with Crippen molar-refractivity contribution in [2.45, 2.75) is 54.8 Å². The van der Waals surface area contributed by atoms with E-state index in [0.717, 1.165) is 11.3 Å². The minimum Gasteiger partial charge on any atom is -0.306 e. The van der Waals surface area contributed by atoms with E-state index in [2.05, 4.69) is 48.3 Å². The highest BCUT2D eigenvalue weighted by molar-refractivity contribution is 8.00. The minimum absolute atomic E-state index is 0.584. The van der Waals surface area contributed by atoms with Gasteiger partial charge in [-0.3, -0.25) is 0 Å². The summed E-state index contributed by atoms with van der Waals surface area (Å²) in [6.45, 7) is 2.28. The molecular weight excluding hydrogens is 270 g/mol. The van der Waals surface area contributed by atoms with Crippen LogP contribution in [0.25, 0.3) is 0 Å². The molecule has 1 N–H and O–H groups in total. The maximum atomic E-state index is 3.97. The first-order valence-corrected chi connectivity index (χ1v) is 9.51. The molecule has 1 aliphatic carbocycles. The Morgan fingerprint density at radius 2 is 2.16 bits per heavy atom. The fourth-order valence-corrected chi connectivity index (χ4v) is 5.64. The molecule has 3 heteroatoms. The summed E-state index contributed by atoms with van der Waals surface area (Å²) in [5, 5.41) is 4.81. The number of thioether (sulfide) groups is 2. The van der Waals surface area contributed by atoms with Gasteiger partial charge in [0, 0.05) is 22.2 Å². The molecule has 0 spiro atoms. The Morgan fingerprint density at radius 1 is 1.26 bits per heavy atom. The molecule has 1 aliphatic heterocycles. The first kappa shape index (κ1) is 13.8. The smallest absolute Gasteiger partial charge is 0.0342 e. The predicted molar refractivity (Wildman–Crippen MR) is 87.2 cm³/mol.